The molecule has 0 aliphatic heterocycles. The topological polar surface area (TPSA) is 44.1 Å². The minimum Gasteiger partial charge on any atom is -0.331 e. The molecule has 0 fully saturated rings. The molecule has 0 bridgehead atoms. The number of halogens is 1. The van der Waals surface area contributed by atoms with Gasteiger partial charge in [-0.05, 0) is 48.4 Å². The van der Waals surface area contributed by atoms with Gasteiger partial charge in [0.05, 0.1) is 11.6 Å². The normalized spacial score (nSPS) is 9.96. The minimum absolute atomic E-state index is 0.199. The van der Waals surface area contributed by atoms with E-state index in [9.17, 15) is 9.18 Å². The number of nitrogens with zero attached hydrogens (tertiary/aromatic N) is 2. The molecule has 0 spiro atoms. The van der Waals surface area contributed by atoms with Gasteiger partial charge in [-0.1, -0.05) is 18.2 Å². The van der Waals surface area contributed by atoms with E-state index in [4.69, 9.17) is 5.26 Å². The molecule has 23 heavy (non-hydrogen) atoms. The maximum Gasteiger partial charge on any atom is 0.254 e. The van der Waals surface area contributed by atoms with Gasteiger partial charge >= 0.3 is 0 Å². The van der Waals surface area contributed by atoms with Gasteiger partial charge in [0.2, 0.25) is 0 Å². The van der Waals surface area contributed by atoms with Crippen LogP contribution in [0.2, 0.25) is 0 Å². The average Bonchev–Trinajstić information content (AvgIpc) is 2.56. The summed E-state index contributed by atoms with van der Waals surface area (Å²) in [4.78, 5) is 14.3. The fourth-order valence-electron chi connectivity index (χ4n) is 2.30. The summed E-state index contributed by atoms with van der Waals surface area (Å²) < 4.78 is 13.4. The van der Waals surface area contributed by atoms with Crippen LogP contribution in [-0.2, 0) is 6.54 Å². The van der Waals surface area contributed by atoms with E-state index in [1.807, 2.05) is 6.07 Å². The molecule has 3 nitrogen and oxygen atoms in total. The third-order valence-electron chi connectivity index (χ3n) is 3.47. The summed E-state index contributed by atoms with van der Waals surface area (Å²) in [7, 11) is 0. The van der Waals surface area contributed by atoms with Gasteiger partial charge in [0.1, 0.15) is 5.82 Å². The van der Waals surface area contributed by atoms with Crippen molar-refractivity contribution >= 4 is 5.91 Å². The predicted octanol–water partition coefficient (Wildman–Crippen LogP) is 3.83. The fourth-order valence-corrected chi connectivity index (χ4v) is 2.30. The number of hydrogen-bond donors (Lipinski definition) is 0. The molecule has 0 N–H and O–H groups in total. The van der Waals surface area contributed by atoms with Crippen LogP contribution in [0.25, 0.3) is 0 Å². The monoisotopic (exact) mass is 308 g/mol. The fraction of sp³-hybridized carbons (Fsp3) is 0.158. The van der Waals surface area contributed by atoms with E-state index in [1.165, 1.54) is 12.1 Å². The van der Waals surface area contributed by atoms with Crippen LogP contribution in [0.1, 0.15) is 27.0 Å². The molecule has 4 heteroatoms. The molecule has 0 atom stereocenters. The van der Waals surface area contributed by atoms with Crippen molar-refractivity contribution in [3.8, 4) is 6.07 Å². The minimum atomic E-state index is -0.335. The zero-order chi connectivity index (χ0) is 16.8. The van der Waals surface area contributed by atoms with E-state index in [0.29, 0.717) is 29.8 Å². The summed E-state index contributed by atoms with van der Waals surface area (Å²) in [5.74, 6) is -0.533. The van der Waals surface area contributed by atoms with Crippen molar-refractivity contribution in [2.75, 3.05) is 6.54 Å². The molecule has 0 heterocycles. The summed E-state index contributed by atoms with van der Waals surface area (Å²) in [6, 6.07) is 13.5. The Morgan fingerprint density at radius 1 is 1.35 bits per heavy atom. The predicted molar refractivity (Wildman–Crippen MR) is 87.2 cm³/mol. The number of nitriles is 1. The molecular formula is C19H17FN2O. The first kappa shape index (κ1) is 16.4. The van der Waals surface area contributed by atoms with E-state index in [0.717, 1.165) is 5.56 Å². The van der Waals surface area contributed by atoms with Gasteiger partial charge in [-0.15, -0.1) is 6.58 Å². The molecule has 1 amide bonds. The maximum atomic E-state index is 13.4. The number of rotatable bonds is 5. The summed E-state index contributed by atoms with van der Waals surface area (Å²) in [5, 5.41) is 8.96. The van der Waals surface area contributed by atoms with Gasteiger partial charge in [0.25, 0.3) is 5.91 Å². The molecule has 0 saturated heterocycles. The molecule has 0 aliphatic rings. The van der Waals surface area contributed by atoms with Gasteiger partial charge in [0, 0.05) is 18.7 Å². The summed E-state index contributed by atoms with van der Waals surface area (Å²) in [6.45, 7) is 6.03. The highest BCUT2D eigenvalue weighted by atomic mass is 19.1. The van der Waals surface area contributed by atoms with E-state index in [1.54, 1.807) is 42.2 Å². The quantitative estimate of drug-likeness (QED) is 0.788. The zero-order valence-electron chi connectivity index (χ0n) is 12.9. The number of carbonyl (C=O) groups is 1. The lowest BCUT2D eigenvalue weighted by Gasteiger charge is -2.21. The Kier molecular flexibility index (Phi) is 5.27. The number of amides is 1. The molecule has 0 unspecified atom stereocenters. The van der Waals surface area contributed by atoms with E-state index >= 15 is 0 Å². The summed E-state index contributed by atoms with van der Waals surface area (Å²) in [6.07, 6.45) is 1.64. The largest absolute Gasteiger partial charge is 0.331 e. The van der Waals surface area contributed by atoms with Crippen molar-refractivity contribution in [2.45, 2.75) is 13.5 Å². The average molecular weight is 308 g/mol. The van der Waals surface area contributed by atoms with Crippen molar-refractivity contribution in [1.82, 2.24) is 4.90 Å². The second kappa shape index (κ2) is 7.37. The number of carbonyl (C=O) groups excluding carboxylic acids is 1. The lowest BCUT2D eigenvalue weighted by molar-refractivity contribution is 0.0762. The number of benzene rings is 2. The molecule has 0 saturated carbocycles. The molecule has 0 aromatic heterocycles. The second-order valence-electron chi connectivity index (χ2n) is 5.25. The first-order chi connectivity index (χ1) is 11.0. The number of hydrogen-bond acceptors (Lipinski definition) is 2. The van der Waals surface area contributed by atoms with E-state index in [2.05, 4.69) is 12.6 Å². The number of aryl methyl sites for hydroxylation is 1. The van der Waals surface area contributed by atoms with E-state index in [-0.39, 0.29) is 11.7 Å². The molecule has 2 aromatic carbocycles. The summed E-state index contributed by atoms with van der Waals surface area (Å²) in [5.41, 5.74) is 2.27. The van der Waals surface area contributed by atoms with Gasteiger partial charge in [0.15, 0.2) is 0 Å². The smallest absolute Gasteiger partial charge is 0.254 e. The SMILES string of the molecule is C=CCN(Cc1cccc(C#N)c1)C(=O)c1ccc(F)c(C)c1. The Morgan fingerprint density at radius 3 is 2.78 bits per heavy atom. The lowest BCUT2D eigenvalue weighted by atomic mass is 10.1. The Hall–Kier alpha value is -2.93. The highest BCUT2D eigenvalue weighted by Crippen LogP contribution is 2.14. The molecule has 2 aromatic rings. The first-order valence-corrected chi connectivity index (χ1v) is 7.20. The molecule has 116 valence electrons. The zero-order valence-corrected chi connectivity index (χ0v) is 12.9. The highest BCUT2D eigenvalue weighted by molar-refractivity contribution is 5.94. The third-order valence-corrected chi connectivity index (χ3v) is 3.47. The lowest BCUT2D eigenvalue weighted by Crippen LogP contribution is -2.30. The standard InChI is InChI=1S/C19H17FN2O/c1-3-9-22(13-16-6-4-5-15(11-16)12-21)19(23)17-7-8-18(20)14(2)10-17/h3-8,10-11H,1,9,13H2,2H3. The first-order valence-electron chi connectivity index (χ1n) is 7.20. The van der Waals surface area contributed by atoms with Gasteiger partial charge in [-0.2, -0.15) is 5.26 Å². The van der Waals surface area contributed by atoms with Crippen LogP contribution in [-0.4, -0.2) is 17.4 Å². The van der Waals surface area contributed by atoms with Gasteiger partial charge < -0.3 is 4.90 Å². The van der Waals surface area contributed by atoms with Gasteiger partial charge in [-0.25, -0.2) is 4.39 Å². The van der Waals surface area contributed by atoms with Crippen LogP contribution < -0.4 is 0 Å². The van der Waals surface area contributed by atoms with Crippen molar-refractivity contribution in [1.29, 1.82) is 5.26 Å². The maximum absolute atomic E-state index is 13.4. The summed E-state index contributed by atoms with van der Waals surface area (Å²) >= 11 is 0. The van der Waals surface area contributed by atoms with Crippen LogP contribution >= 0.6 is 0 Å². The van der Waals surface area contributed by atoms with Crippen molar-refractivity contribution in [2.24, 2.45) is 0 Å². The third kappa shape index (κ3) is 4.04. The Labute approximate surface area is 135 Å². The van der Waals surface area contributed by atoms with Crippen molar-refractivity contribution in [3.05, 3.63) is 83.2 Å². The molecular weight excluding hydrogens is 291 g/mol. The molecule has 0 radical (unpaired) electrons. The second-order valence-corrected chi connectivity index (χ2v) is 5.25. The van der Waals surface area contributed by atoms with Crippen LogP contribution in [0.4, 0.5) is 4.39 Å². The van der Waals surface area contributed by atoms with Crippen molar-refractivity contribution in [3.63, 3.8) is 0 Å². The van der Waals surface area contributed by atoms with E-state index < -0.39 is 0 Å². The van der Waals surface area contributed by atoms with Crippen LogP contribution in [0.5, 0.6) is 0 Å². The molecule has 0 aliphatic carbocycles. The molecule has 2 rings (SSSR count). The van der Waals surface area contributed by atoms with Crippen molar-refractivity contribution < 1.29 is 9.18 Å². The van der Waals surface area contributed by atoms with Crippen LogP contribution in [0.15, 0.2) is 55.1 Å². The van der Waals surface area contributed by atoms with Crippen LogP contribution in [0, 0.1) is 24.1 Å². The van der Waals surface area contributed by atoms with Gasteiger partial charge in [-0.3, -0.25) is 4.79 Å². The Bertz CT molecular complexity index is 777. The Balaban J connectivity index is 2.26. The Morgan fingerprint density at radius 2 is 2.13 bits per heavy atom. The van der Waals surface area contributed by atoms with Crippen LogP contribution in [0.3, 0.4) is 0 Å². The highest BCUT2D eigenvalue weighted by Gasteiger charge is 2.16.